The van der Waals surface area contributed by atoms with E-state index in [2.05, 4.69) is 5.32 Å². The van der Waals surface area contributed by atoms with Gasteiger partial charge in [-0.05, 0) is 17.2 Å². The van der Waals surface area contributed by atoms with E-state index in [0.717, 1.165) is 12.0 Å². The lowest BCUT2D eigenvalue weighted by Crippen LogP contribution is -2.56. The van der Waals surface area contributed by atoms with Gasteiger partial charge in [-0.25, -0.2) is 4.79 Å². The minimum atomic E-state index is -2.34. The molecule has 0 bridgehead atoms. The summed E-state index contributed by atoms with van der Waals surface area (Å²) in [6.45, 7) is -0.133. The summed E-state index contributed by atoms with van der Waals surface area (Å²) in [5.41, 5.74) is -1.77. The number of fused-ring (bicyclic) bond motifs is 1. The molecule has 12 nitrogen and oxygen atoms in total. The summed E-state index contributed by atoms with van der Waals surface area (Å²) in [5.74, 6) is -8.15. The van der Waals surface area contributed by atoms with Gasteiger partial charge in [0.15, 0.2) is 0 Å². The summed E-state index contributed by atoms with van der Waals surface area (Å²) < 4.78 is 15.6. The number of rotatable bonds is 9. The first-order valence-corrected chi connectivity index (χ1v) is 11.6. The summed E-state index contributed by atoms with van der Waals surface area (Å²) in [5, 5.41) is 22.7. The van der Waals surface area contributed by atoms with Crippen LogP contribution in [-0.4, -0.2) is 71.7 Å². The van der Waals surface area contributed by atoms with E-state index < -0.39 is 59.6 Å². The zero-order valence-corrected chi connectivity index (χ0v) is 20.8. The van der Waals surface area contributed by atoms with Crippen molar-refractivity contribution in [3.8, 4) is 11.5 Å². The Morgan fingerprint density at radius 2 is 1.68 bits per heavy atom. The number of imide groups is 1. The van der Waals surface area contributed by atoms with Gasteiger partial charge in [-0.3, -0.25) is 29.4 Å². The van der Waals surface area contributed by atoms with Gasteiger partial charge in [-0.1, -0.05) is 30.3 Å². The first-order chi connectivity index (χ1) is 18.1. The van der Waals surface area contributed by atoms with Crippen LogP contribution in [0.3, 0.4) is 0 Å². The Bertz CT molecular complexity index is 1310. The second-order valence-corrected chi connectivity index (χ2v) is 9.01. The van der Waals surface area contributed by atoms with Crippen molar-refractivity contribution in [3.05, 3.63) is 59.2 Å². The molecule has 0 aromatic heterocycles. The summed E-state index contributed by atoms with van der Waals surface area (Å²) in [6, 6.07) is 10.2. The fraction of sp³-hybridized carbons (Fsp3) is 0.346. The molecule has 200 valence electrons. The molecule has 0 aliphatic carbocycles. The van der Waals surface area contributed by atoms with E-state index in [4.69, 9.17) is 14.2 Å². The molecule has 0 radical (unpaired) electrons. The zero-order chi connectivity index (χ0) is 27.8. The molecule has 4 rings (SSSR count). The molecule has 0 spiro atoms. The highest BCUT2D eigenvalue weighted by Gasteiger charge is 2.69. The summed E-state index contributed by atoms with van der Waals surface area (Å²) in [4.78, 5) is 65.8. The molecular formula is C26H26N2O10. The summed E-state index contributed by atoms with van der Waals surface area (Å²) in [6.07, 6.45) is -0.993. The molecule has 2 heterocycles. The number of esters is 1. The minimum absolute atomic E-state index is 0.0218. The average molecular weight is 526 g/mol. The Labute approximate surface area is 217 Å². The molecule has 38 heavy (non-hydrogen) atoms. The number of likely N-dealkylation sites (tertiary alicyclic amines) is 1. The molecule has 2 aromatic rings. The number of aliphatic carboxylic acids is 2. The van der Waals surface area contributed by atoms with Crippen molar-refractivity contribution in [1.82, 2.24) is 10.2 Å². The van der Waals surface area contributed by atoms with E-state index in [9.17, 15) is 34.2 Å². The Hall–Kier alpha value is -4.45. The van der Waals surface area contributed by atoms with Gasteiger partial charge in [-0.2, -0.15) is 0 Å². The number of carboxylic acids is 2. The van der Waals surface area contributed by atoms with Crippen molar-refractivity contribution in [2.45, 2.75) is 24.5 Å². The smallest absolute Gasteiger partial charge is 0.341 e. The number of methoxy groups -OCH3 is 3. The van der Waals surface area contributed by atoms with E-state index >= 15 is 0 Å². The van der Waals surface area contributed by atoms with Gasteiger partial charge in [0.05, 0.1) is 46.1 Å². The van der Waals surface area contributed by atoms with Crippen LogP contribution < -0.4 is 14.8 Å². The number of nitrogens with zero attached hydrogens (tertiary/aromatic N) is 1. The van der Waals surface area contributed by atoms with Crippen molar-refractivity contribution >= 4 is 29.7 Å². The van der Waals surface area contributed by atoms with Crippen LogP contribution in [0.5, 0.6) is 11.5 Å². The van der Waals surface area contributed by atoms with Gasteiger partial charge < -0.3 is 24.4 Å². The van der Waals surface area contributed by atoms with E-state index in [0.29, 0.717) is 5.56 Å². The molecule has 2 aliphatic rings. The van der Waals surface area contributed by atoms with Crippen LogP contribution in [0, 0.1) is 11.8 Å². The monoisotopic (exact) mass is 526 g/mol. The predicted octanol–water partition coefficient (Wildman–Crippen LogP) is 1.23. The highest BCUT2D eigenvalue weighted by Crippen LogP contribution is 2.52. The number of nitrogens with one attached hydrogen (secondary N) is 1. The van der Waals surface area contributed by atoms with Gasteiger partial charge in [-0.15, -0.1) is 0 Å². The number of carboxylic acid groups (broad SMARTS) is 2. The zero-order valence-electron chi connectivity index (χ0n) is 20.8. The molecule has 2 saturated heterocycles. The third kappa shape index (κ3) is 4.22. The maximum atomic E-state index is 13.8. The third-order valence-electron chi connectivity index (χ3n) is 7.03. The molecule has 2 aliphatic heterocycles. The minimum Gasteiger partial charge on any atom is -0.497 e. The van der Waals surface area contributed by atoms with E-state index in [1.54, 1.807) is 30.3 Å². The second kappa shape index (κ2) is 10.1. The number of carbonyl (C=O) groups is 5. The average Bonchev–Trinajstić information content (AvgIpc) is 3.37. The molecule has 4 atom stereocenters. The van der Waals surface area contributed by atoms with Gasteiger partial charge >= 0.3 is 17.9 Å². The molecule has 4 unspecified atom stereocenters. The Morgan fingerprint density at radius 1 is 1.00 bits per heavy atom. The van der Waals surface area contributed by atoms with Gasteiger partial charge in [0, 0.05) is 12.1 Å². The lowest BCUT2D eigenvalue weighted by molar-refractivity contribution is -0.156. The fourth-order valence-corrected chi connectivity index (χ4v) is 5.38. The normalized spacial score (nSPS) is 24.2. The van der Waals surface area contributed by atoms with Crippen molar-refractivity contribution in [1.29, 1.82) is 0 Å². The Morgan fingerprint density at radius 3 is 2.24 bits per heavy atom. The molecular weight excluding hydrogens is 500 g/mol. The van der Waals surface area contributed by atoms with Crippen LogP contribution in [0.1, 0.15) is 33.9 Å². The number of hydrogen-bond donors (Lipinski definition) is 3. The standard InChI is InChI=1S/C26H26N2O10/c1-36-14-9-15(18(24(33)38-3)16(10-14)37-2)21-19-20(26(27-21,25(34)35)11-17(29)30)23(32)28(22(19)31)12-13-7-5-4-6-8-13/h4-10,19-21,27H,11-12H2,1-3H3,(H,29,30)(H,34,35). The third-order valence-corrected chi connectivity index (χ3v) is 7.03. The highest BCUT2D eigenvalue weighted by atomic mass is 16.5. The first kappa shape index (κ1) is 26.6. The van der Waals surface area contributed by atoms with E-state index in [-0.39, 0.29) is 29.2 Å². The number of hydrogen-bond acceptors (Lipinski definition) is 9. The van der Waals surface area contributed by atoms with Crippen molar-refractivity contribution < 1.29 is 48.4 Å². The van der Waals surface area contributed by atoms with Crippen LogP contribution in [0.2, 0.25) is 0 Å². The van der Waals surface area contributed by atoms with Gasteiger partial charge in [0.25, 0.3) is 0 Å². The molecule has 2 aromatic carbocycles. The Balaban J connectivity index is 1.94. The van der Waals surface area contributed by atoms with Crippen molar-refractivity contribution in [3.63, 3.8) is 0 Å². The second-order valence-electron chi connectivity index (χ2n) is 9.01. The molecule has 12 heteroatoms. The quantitative estimate of drug-likeness (QED) is 0.317. The SMILES string of the molecule is COC(=O)c1c(OC)cc(OC)cc1C1NC(CC(=O)O)(C(=O)O)C2C(=O)N(Cc3ccccc3)C(=O)C12. The number of amides is 2. The molecule has 3 N–H and O–H groups in total. The fourth-order valence-electron chi connectivity index (χ4n) is 5.38. The molecule has 0 saturated carbocycles. The predicted molar refractivity (Wildman–Crippen MR) is 128 cm³/mol. The van der Waals surface area contributed by atoms with Gasteiger partial charge in [0.1, 0.15) is 22.6 Å². The van der Waals surface area contributed by atoms with Crippen LogP contribution >= 0.6 is 0 Å². The first-order valence-electron chi connectivity index (χ1n) is 11.6. The maximum Gasteiger partial charge on any atom is 0.341 e. The topological polar surface area (TPSA) is 169 Å². The summed E-state index contributed by atoms with van der Waals surface area (Å²) in [7, 11) is 3.80. The van der Waals surface area contributed by atoms with E-state index in [1.165, 1.54) is 26.4 Å². The van der Waals surface area contributed by atoms with Crippen LogP contribution in [0.4, 0.5) is 0 Å². The number of benzene rings is 2. The van der Waals surface area contributed by atoms with Crippen molar-refractivity contribution in [2.24, 2.45) is 11.8 Å². The number of ether oxygens (including phenoxy) is 3. The highest BCUT2D eigenvalue weighted by molar-refractivity contribution is 6.10. The van der Waals surface area contributed by atoms with E-state index in [1.807, 2.05) is 0 Å². The van der Waals surface area contributed by atoms with Crippen LogP contribution in [-0.2, 0) is 30.5 Å². The molecule has 2 fully saturated rings. The lowest BCUT2D eigenvalue weighted by Gasteiger charge is -2.30. The maximum absolute atomic E-state index is 13.8. The van der Waals surface area contributed by atoms with Crippen molar-refractivity contribution in [2.75, 3.05) is 21.3 Å². The Kier molecular flexibility index (Phi) is 7.09. The summed E-state index contributed by atoms with van der Waals surface area (Å²) >= 11 is 0. The lowest BCUT2D eigenvalue weighted by atomic mass is 9.77. The largest absolute Gasteiger partial charge is 0.497 e. The number of carbonyl (C=O) groups excluding carboxylic acids is 3. The van der Waals surface area contributed by atoms with Gasteiger partial charge in [0.2, 0.25) is 11.8 Å². The molecule has 2 amide bonds. The van der Waals surface area contributed by atoms with Crippen LogP contribution in [0.25, 0.3) is 0 Å². The van der Waals surface area contributed by atoms with Crippen LogP contribution in [0.15, 0.2) is 42.5 Å².